The van der Waals surface area contributed by atoms with Gasteiger partial charge >= 0.3 is 0 Å². The number of hydrogen-bond donors (Lipinski definition) is 1. The van der Waals surface area contributed by atoms with Gasteiger partial charge in [-0.3, -0.25) is 9.98 Å². The minimum Gasteiger partial charge on any atom is -0.371 e. The van der Waals surface area contributed by atoms with Crippen molar-refractivity contribution in [2.75, 3.05) is 43.4 Å². The van der Waals surface area contributed by atoms with Crippen molar-refractivity contribution >= 4 is 11.5 Å². The van der Waals surface area contributed by atoms with Gasteiger partial charge in [-0.15, -0.1) is 0 Å². The second-order valence-corrected chi connectivity index (χ2v) is 6.61. The summed E-state index contributed by atoms with van der Waals surface area (Å²) in [6, 6.07) is 10.4. The number of nitrogens with one attached hydrogen (secondary N) is 1. The molecule has 0 amide bonds. The van der Waals surface area contributed by atoms with Crippen molar-refractivity contribution in [3.63, 3.8) is 0 Å². The van der Waals surface area contributed by atoms with Crippen molar-refractivity contribution in [2.24, 2.45) is 15.2 Å². The van der Waals surface area contributed by atoms with Crippen LogP contribution in [0.1, 0.15) is 12.8 Å². The van der Waals surface area contributed by atoms with Gasteiger partial charge in [0.2, 0.25) is 0 Å². The minimum absolute atomic E-state index is 0.0284. The fourth-order valence-corrected chi connectivity index (χ4v) is 3.53. The van der Waals surface area contributed by atoms with E-state index in [-0.39, 0.29) is 6.04 Å². The molecule has 134 valence electrons. The van der Waals surface area contributed by atoms with Crippen molar-refractivity contribution in [1.29, 1.82) is 0 Å². The second kappa shape index (κ2) is 7.19. The first-order chi connectivity index (χ1) is 12.8. The molecule has 0 spiro atoms. The van der Waals surface area contributed by atoms with E-state index >= 15 is 0 Å². The van der Waals surface area contributed by atoms with Crippen LogP contribution in [0.3, 0.4) is 0 Å². The van der Waals surface area contributed by atoms with E-state index in [0.717, 1.165) is 60.3 Å². The molecule has 2 aliphatic heterocycles. The van der Waals surface area contributed by atoms with Crippen molar-refractivity contribution < 1.29 is 0 Å². The van der Waals surface area contributed by atoms with Gasteiger partial charge in [0.05, 0.1) is 30.2 Å². The third-order valence-electron chi connectivity index (χ3n) is 5.00. The van der Waals surface area contributed by atoms with Crippen molar-refractivity contribution in [2.45, 2.75) is 18.9 Å². The molecule has 26 heavy (non-hydrogen) atoms. The molecule has 1 fully saturated rings. The lowest BCUT2D eigenvalue weighted by Gasteiger charge is -2.31. The lowest BCUT2D eigenvalue weighted by molar-refractivity contribution is 0.500. The highest BCUT2D eigenvalue weighted by Gasteiger charge is 2.19. The maximum absolute atomic E-state index is 10.7. The van der Waals surface area contributed by atoms with Crippen LogP contribution in [0.2, 0.25) is 0 Å². The Morgan fingerprint density at radius 2 is 1.85 bits per heavy atom. The lowest BCUT2D eigenvalue weighted by atomic mass is 10.0. The molecule has 0 saturated carbocycles. The highest BCUT2D eigenvalue weighted by atomic mass is 16.3. The molecule has 1 N–H and O–H groups in total. The molecule has 2 aliphatic rings. The Hall–Kier alpha value is -2.83. The summed E-state index contributed by atoms with van der Waals surface area (Å²) in [6.07, 6.45) is 1.66. The predicted molar refractivity (Wildman–Crippen MR) is 102 cm³/mol. The molecule has 0 unspecified atom stereocenters. The summed E-state index contributed by atoms with van der Waals surface area (Å²) in [5.74, 6) is 0.772. The largest absolute Gasteiger partial charge is 0.371 e. The molecule has 0 radical (unpaired) electrons. The standard InChI is InChI=1S/C19H22N6O/c1-20-19-18-17(21-8-9-22-18)12-16(23-19)13-2-4-15(5-3-13)25-10-6-14(24-26)7-11-25/h2-5,12,14H,6-11H2,1H3,(H,20,23). The molecule has 0 atom stereocenters. The summed E-state index contributed by atoms with van der Waals surface area (Å²) in [7, 11) is 1.86. The SMILES string of the molecule is CNc1nc(-c2ccc(N3CCC(N=O)CC3)cc2)cc2c1=NCCN=2. The van der Waals surface area contributed by atoms with Crippen LogP contribution in [0.4, 0.5) is 11.5 Å². The van der Waals surface area contributed by atoms with Crippen LogP contribution in [0.5, 0.6) is 0 Å². The minimum atomic E-state index is -0.0284. The Labute approximate surface area is 151 Å². The molecular formula is C19H22N6O. The average Bonchev–Trinajstić information content (AvgIpc) is 2.73. The van der Waals surface area contributed by atoms with E-state index < -0.39 is 0 Å². The van der Waals surface area contributed by atoms with E-state index in [1.165, 1.54) is 5.69 Å². The van der Waals surface area contributed by atoms with Gasteiger partial charge in [-0.2, -0.15) is 4.91 Å². The quantitative estimate of drug-likeness (QED) is 0.852. The monoisotopic (exact) mass is 350 g/mol. The van der Waals surface area contributed by atoms with Crippen LogP contribution in [0, 0.1) is 4.91 Å². The maximum Gasteiger partial charge on any atom is 0.154 e. The average molecular weight is 350 g/mol. The summed E-state index contributed by atoms with van der Waals surface area (Å²) < 4.78 is 0. The Morgan fingerprint density at radius 3 is 2.54 bits per heavy atom. The molecule has 1 saturated heterocycles. The number of rotatable bonds is 4. The first-order valence-electron chi connectivity index (χ1n) is 9.04. The smallest absolute Gasteiger partial charge is 0.154 e. The fourth-order valence-electron chi connectivity index (χ4n) is 3.53. The summed E-state index contributed by atoms with van der Waals surface area (Å²) in [5, 5.41) is 8.06. The number of pyridine rings is 1. The number of aromatic nitrogens is 1. The normalized spacial score (nSPS) is 17.0. The zero-order chi connectivity index (χ0) is 17.9. The Bertz CT molecular complexity index is 916. The van der Waals surface area contributed by atoms with E-state index in [2.05, 4.69) is 49.6 Å². The van der Waals surface area contributed by atoms with Gasteiger partial charge in [-0.25, -0.2) is 4.98 Å². The van der Waals surface area contributed by atoms with E-state index in [4.69, 9.17) is 4.98 Å². The highest BCUT2D eigenvalue weighted by Crippen LogP contribution is 2.24. The van der Waals surface area contributed by atoms with Gasteiger partial charge in [-0.1, -0.05) is 17.3 Å². The molecular weight excluding hydrogens is 328 g/mol. The number of fused-ring (bicyclic) bond motifs is 1. The maximum atomic E-state index is 10.7. The van der Waals surface area contributed by atoms with Gasteiger partial charge < -0.3 is 10.2 Å². The van der Waals surface area contributed by atoms with Crippen molar-refractivity contribution in [3.05, 3.63) is 46.0 Å². The van der Waals surface area contributed by atoms with E-state index in [0.29, 0.717) is 6.54 Å². The van der Waals surface area contributed by atoms with Crippen LogP contribution < -0.4 is 20.9 Å². The highest BCUT2D eigenvalue weighted by molar-refractivity contribution is 5.64. The van der Waals surface area contributed by atoms with E-state index in [9.17, 15) is 4.91 Å². The molecule has 0 aliphatic carbocycles. The number of nitrogens with zero attached hydrogens (tertiary/aromatic N) is 5. The van der Waals surface area contributed by atoms with Crippen LogP contribution in [0.25, 0.3) is 11.3 Å². The van der Waals surface area contributed by atoms with Gasteiger partial charge in [-0.05, 0) is 31.0 Å². The first kappa shape index (κ1) is 16.6. The third kappa shape index (κ3) is 3.16. The number of piperidine rings is 1. The number of anilines is 2. The predicted octanol–water partition coefficient (Wildman–Crippen LogP) is 1.78. The Balaban J connectivity index is 1.61. The molecule has 4 rings (SSSR count). The fraction of sp³-hybridized carbons (Fsp3) is 0.421. The van der Waals surface area contributed by atoms with Gasteiger partial charge in [0.25, 0.3) is 0 Å². The van der Waals surface area contributed by atoms with Crippen LogP contribution >= 0.6 is 0 Å². The first-order valence-corrected chi connectivity index (χ1v) is 9.04. The summed E-state index contributed by atoms with van der Waals surface area (Å²) in [4.78, 5) is 26.8. The Morgan fingerprint density at radius 1 is 1.12 bits per heavy atom. The molecule has 7 nitrogen and oxygen atoms in total. The topological polar surface area (TPSA) is 82.3 Å². The molecule has 0 bridgehead atoms. The molecule has 3 heterocycles. The molecule has 1 aromatic heterocycles. The number of benzene rings is 1. The van der Waals surface area contributed by atoms with Gasteiger partial charge in [0.1, 0.15) is 5.36 Å². The van der Waals surface area contributed by atoms with Crippen LogP contribution in [0.15, 0.2) is 45.5 Å². The number of nitroso groups, excluding NO2 is 1. The van der Waals surface area contributed by atoms with E-state index in [1.54, 1.807) is 0 Å². The van der Waals surface area contributed by atoms with Gasteiger partial charge in [0, 0.05) is 31.4 Å². The molecule has 2 aromatic rings. The Kier molecular flexibility index (Phi) is 4.60. The zero-order valence-corrected chi connectivity index (χ0v) is 14.9. The van der Waals surface area contributed by atoms with Crippen LogP contribution in [-0.2, 0) is 0 Å². The van der Waals surface area contributed by atoms with Crippen molar-refractivity contribution in [1.82, 2.24) is 4.98 Å². The zero-order valence-electron chi connectivity index (χ0n) is 14.9. The summed E-state index contributed by atoms with van der Waals surface area (Å²) in [6.45, 7) is 3.19. The van der Waals surface area contributed by atoms with Gasteiger partial charge in [0.15, 0.2) is 5.82 Å². The van der Waals surface area contributed by atoms with E-state index in [1.807, 2.05) is 13.1 Å². The third-order valence-corrected chi connectivity index (χ3v) is 5.00. The summed E-state index contributed by atoms with van der Waals surface area (Å²) >= 11 is 0. The van der Waals surface area contributed by atoms with Crippen LogP contribution in [-0.4, -0.2) is 44.3 Å². The molecule has 1 aromatic carbocycles. The van der Waals surface area contributed by atoms with Crippen molar-refractivity contribution in [3.8, 4) is 11.3 Å². The second-order valence-electron chi connectivity index (χ2n) is 6.61. The number of hydrogen-bond acceptors (Lipinski definition) is 7. The summed E-state index contributed by atoms with van der Waals surface area (Å²) in [5.41, 5.74) is 3.12. The lowest BCUT2D eigenvalue weighted by Crippen LogP contribution is -2.35. The molecule has 7 heteroatoms.